The fraction of sp³-hybridized carbons (Fsp3) is 0.625. The Bertz CT molecular complexity index is 783. The maximum absolute atomic E-state index is 13.0. The second kappa shape index (κ2) is 14.1. The molecule has 0 spiro atoms. The van der Waals surface area contributed by atoms with Crippen LogP contribution in [0.5, 0.6) is 0 Å². The lowest BCUT2D eigenvalue weighted by Crippen LogP contribution is -2.51. The van der Waals surface area contributed by atoms with E-state index in [2.05, 4.69) is 10.6 Å². The molecule has 0 heterocycles. The van der Waals surface area contributed by atoms with Crippen molar-refractivity contribution in [2.75, 3.05) is 20.7 Å². The van der Waals surface area contributed by atoms with Gasteiger partial charge in [0.15, 0.2) is 0 Å². The van der Waals surface area contributed by atoms with Crippen LogP contribution < -0.4 is 10.6 Å². The Balaban J connectivity index is 1.96. The van der Waals surface area contributed by atoms with Crippen molar-refractivity contribution in [2.24, 2.45) is 5.92 Å². The topological polar surface area (TPSA) is 108 Å². The number of carbonyl (C=O) groups excluding carboxylic acids is 3. The van der Waals surface area contributed by atoms with E-state index < -0.39 is 18.2 Å². The van der Waals surface area contributed by atoms with Gasteiger partial charge in [-0.05, 0) is 36.5 Å². The number of benzene rings is 1. The van der Waals surface area contributed by atoms with Crippen LogP contribution in [-0.2, 0) is 20.9 Å². The van der Waals surface area contributed by atoms with Crippen LogP contribution in [0, 0.1) is 5.92 Å². The van der Waals surface area contributed by atoms with E-state index in [0.717, 1.165) is 31.2 Å². The van der Waals surface area contributed by atoms with Crippen LogP contribution in [0.1, 0.15) is 56.9 Å². The van der Waals surface area contributed by atoms with Crippen molar-refractivity contribution in [3.63, 3.8) is 0 Å². The Kier molecular flexibility index (Phi) is 11.5. The van der Waals surface area contributed by atoms with Gasteiger partial charge in [0.2, 0.25) is 11.8 Å². The summed E-state index contributed by atoms with van der Waals surface area (Å²) >= 11 is 5.97. The molecule has 0 aliphatic heterocycles. The minimum atomic E-state index is -0.779. The summed E-state index contributed by atoms with van der Waals surface area (Å²) in [4.78, 5) is 38.8. The summed E-state index contributed by atoms with van der Waals surface area (Å²) in [6, 6.07) is 5.67. The predicted molar refractivity (Wildman–Crippen MR) is 127 cm³/mol. The fourth-order valence-corrected chi connectivity index (χ4v) is 4.19. The summed E-state index contributed by atoms with van der Waals surface area (Å²) < 4.78 is 5.30. The van der Waals surface area contributed by atoms with Crippen LogP contribution in [-0.4, -0.2) is 60.7 Å². The zero-order chi connectivity index (χ0) is 24.2. The summed E-state index contributed by atoms with van der Waals surface area (Å²) in [7, 11) is 3.32. The second-order valence-corrected chi connectivity index (χ2v) is 9.29. The first-order valence-corrected chi connectivity index (χ1v) is 12.0. The number of alkyl carbamates (subject to hydrolysis) is 1. The molecule has 1 fully saturated rings. The molecule has 0 bridgehead atoms. The summed E-state index contributed by atoms with van der Waals surface area (Å²) in [6.07, 6.45) is 5.80. The lowest BCUT2D eigenvalue weighted by atomic mass is 9.84. The Hall–Kier alpha value is -2.32. The number of carbonyl (C=O) groups is 3. The number of rotatable bonds is 11. The normalized spacial score (nSPS) is 15.9. The van der Waals surface area contributed by atoms with E-state index in [9.17, 15) is 19.5 Å². The van der Waals surface area contributed by atoms with Crippen molar-refractivity contribution in [1.29, 1.82) is 0 Å². The molecule has 1 aromatic rings. The molecule has 0 saturated heterocycles. The number of nitrogens with zero attached hydrogens (tertiary/aromatic N) is 1. The van der Waals surface area contributed by atoms with E-state index in [1.807, 2.05) is 0 Å². The molecule has 1 aromatic carbocycles. The monoisotopic (exact) mass is 481 g/mol. The third kappa shape index (κ3) is 10.0. The number of nitrogens with one attached hydrogen (secondary N) is 2. The van der Waals surface area contributed by atoms with Gasteiger partial charge in [0.05, 0.1) is 12.6 Å². The lowest BCUT2D eigenvalue weighted by molar-refractivity contribution is -0.129. The number of aliphatic hydroxyl groups is 1. The molecule has 1 aliphatic carbocycles. The van der Waals surface area contributed by atoms with Gasteiger partial charge in [0.1, 0.15) is 12.6 Å². The van der Waals surface area contributed by atoms with Gasteiger partial charge in [-0.2, -0.15) is 0 Å². The molecule has 1 saturated carbocycles. The maximum atomic E-state index is 13.0. The molecule has 0 aromatic heterocycles. The molecule has 0 unspecified atom stereocenters. The van der Waals surface area contributed by atoms with Crippen molar-refractivity contribution >= 4 is 29.5 Å². The van der Waals surface area contributed by atoms with Crippen molar-refractivity contribution in [1.82, 2.24) is 15.5 Å². The van der Waals surface area contributed by atoms with Crippen LogP contribution in [0.25, 0.3) is 0 Å². The minimum absolute atomic E-state index is 0.0378. The van der Waals surface area contributed by atoms with Crippen molar-refractivity contribution in [3.8, 4) is 0 Å². The molecule has 33 heavy (non-hydrogen) atoms. The Morgan fingerprint density at radius 2 is 1.91 bits per heavy atom. The van der Waals surface area contributed by atoms with Gasteiger partial charge >= 0.3 is 6.09 Å². The van der Waals surface area contributed by atoms with Crippen LogP contribution >= 0.6 is 11.6 Å². The molecular weight excluding hydrogens is 446 g/mol. The average Bonchev–Trinajstić information content (AvgIpc) is 2.80. The van der Waals surface area contributed by atoms with Crippen LogP contribution in [0.4, 0.5) is 4.79 Å². The number of halogens is 1. The Morgan fingerprint density at radius 3 is 2.55 bits per heavy atom. The molecule has 184 valence electrons. The van der Waals surface area contributed by atoms with Crippen molar-refractivity contribution in [3.05, 3.63) is 34.9 Å². The van der Waals surface area contributed by atoms with Gasteiger partial charge < -0.3 is 25.4 Å². The Morgan fingerprint density at radius 1 is 1.18 bits per heavy atom. The van der Waals surface area contributed by atoms with E-state index in [4.69, 9.17) is 16.3 Å². The van der Waals surface area contributed by atoms with Crippen LogP contribution in [0.2, 0.25) is 5.02 Å². The molecule has 8 nitrogen and oxygen atoms in total. The third-order valence-electron chi connectivity index (χ3n) is 5.93. The summed E-state index contributed by atoms with van der Waals surface area (Å²) in [5, 5.41) is 15.7. The SMILES string of the molecule is CN(C)C(=O)CC[C@@H](CO)NC(=O)[C@H](CC1CCCCC1)NC(=O)OCc1cccc(Cl)c1. The fourth-order valence-electron chi connectivity index (χ4n) is 3.98. The average molecular weight is 482 g/mol. The van der Waals surface area contributed by atoms with Crippen molar-refractivity contribution < 1.29 is 24.2 Å². The van der Waals surface area contributed by atoms with Gasteiger partial charge in [-0.15, -0.1) is 0 Å². The van der Waals surface area contributed by atoms with Gasteiger partial charge in [0.25, 0.3) is 0 Å². The molecule has 0 radical (unpaired) electrons. The highest BCUT2D eigenvalue weighted by Crippen LogP contribution is 2.27. The van der Waals surface area contributed by atoms with Crippen LogP contribution in [0.3, 0.4) is 0 Å². The van der Waals surface area contributed by atoms with E-state index in [1.165, 1.54) is 11.3 Å². The zero-order valence-electron chi connectivity index (χ0n) is 19.5. The van der Waals surface area contributed by atoms with E-state index in [0.29, 0.717) is 23.8 Å². The van der Waals surface area contributed by atoms with Gasteiger partial charge in [-0.3, -0.25) is 9.59 Å². The molecule has 1 aliphatic rings. The molecule has 3 amide bonds. The zero-order valence-corrected chi connectivity index (χ0v) is 20.3. The molecule has 2 atom stereocenters. The predicted octanol–water partition coefficient (Wildman–Crippen LogP) is 3.25. The number of aliphatic hydroxyl groups excluding tert-OH is 1. The van der Waals surface area contributed by atoms with Crippen molar-refractivity contribution in [2.45, 2.75) is 70.1 Å². The first kappa shape index (κ1) is 26.9. The lowest BCUT2D eigenvalue weighted by Gasteiger charge is -2.28. The smallest absolute Gasteiger partial charge is 0.408 e. The second-order valence-electron chi connectivity index (χ2n) is 8.86. The highest BCUT2D eigenvalue weighted by Gasteiger charge is 2.28. The number of hydrogen-bond acceptors (Lipinski definition) is 5. The van der Waals surface area contributed by atoms with Gasteiger partial charge in [-0.25, -0.2) is 4.79 Å². The summed E-state index contributed by atoms with van der Waals surface area (Å²) in [5.41, 5.74) is 0.747. The van der Waals surface area contributed by atoms with E-state index in [1.54, 1.807) is 38.4 Å². The summed E-state index contributed by atoms with van der Waals surface area (Å²) in [5.74, 6) is -0.119. The number of ether oxygens (including phenoxy) is 1. The quantitative estimate of drug-likeness (QED) is 0.449. The molecule has 9 heteroatoms. The standard InChI is InChI=1S/C24H36ClN3O5/c1-28(2)22(30)12-11-20(15-29)26-23(31)21(14-17-7-4-3-5-8-17)27-24(32)33-16-18-9-6-10-19(25)13-18/h6,9-10,13,17,20-21,29H,3-5,7-8,11-12,14-16H2,1-2H3,(H,26,31)(H,27,32)/t20-,21-/m0/s1. The number of amides is 3. The minimum Gasteiger partial charge on any atom is -0.445 e. The Labute approximate surface area is 201 Å². The maximum Gasteiger partial charge on any atom is 0.408 e. The van der Waals surface area contributed by atoms with Gasteiger partial charge in [0, 0.05) is 25.5 Å². The van der Waals surface area contributed by atoms with Crippen LogP contribution in [0.15, 0.2) is 24.3 Å². The third-order valence-corrected chi connectivity index (χ3v) is 6.17. The summed E-state index contributed by atoms with van der Waals surface area (Å²) in [6.45, 7) is -0.252. The highest BCUT2D eigenvalue weighted by molar-refractivity contribution is 6.30. The molecular formula is C24H36ClN3O5. The molecule has 2 rings (SSSR count). The van der Waals surface area contributed by atoms with E-state index in [-0.39, 0.29) is 31.4 Å². The first-order chi connectivity index (χ1) is 15.8. The first-order valence-electron chi connectivity index (χ1n) is 11.6. The van der Waals surface area contributed by atoms with Gasteiger partial charge in [-0.1, -0.05) is 55.8 Å². The highest BCUT2D eigenvalue weighted by atomic mass is 35.5. The van der Waals surface area contributed by atoms with E-state index >= 15 is 0 Å². The largest absolute Gasteiger partial charge is 0.445 e. The molecule has 3 N–H and O–H groups in total. The number of hydrogen-bond donors (Lipinski definition) is 3.